The molecule has 128 valence electrons. The third kappa shape index (κ3) is 6.59. The predicted molar refractivity (Wildman–Crippen MR) is 105 cm³/mol. The van der Waals surface area contributed by atoms with Crippen LogP contribution in [0.25, 0.3) is 0 Å². The van der Waals surface area contributed by atoms with Crippen LogP contribution < -0.4 is 5.32 Å². The van der Waals surface area contributed by atoms with Crippen LogP contribution in [0.15, 0.2) is 73.3 Å². The Balaban J connectivity index is 2.04. The van der Waals surface area contributed by atoms with E-state index in [0.29, 0.717) is 12.0 Å². The minimum absolute atomic E-state index is 0.427. The van der Waals surface area contributed by atoms with Crippen LogP contribution in [0.3, 0.4) is 0 Å². The van der Waals surface area contributed by atoms with E-state index in [1.165, 1.54) is 11.3 Å². The van der Waals surface area contributed by atoms with Gasteiger partial charge >= 0.3 is 0 Å². The van der Waals surface area contributed by atoms with Crippen LogP contribution in [0.2, 0.25) is 0 Å². The summed E-state index contributed by atoms with van der Waals surface area (Å²) < 4.78 is 0. The van der Waals surface area contributed by atoms with Crippen LogP contribution in [0.4, 0.5) is 5.69 Å². The van der Waals surface area contributed by atoms with Crippen LogP contribution in [0.5, 0.6) is 0 Å². The minimum Gasteiger partial charge on any atom is -0.381 e. The first-order chi connectivity index (χ1) is 11.7. The maximum atomic E-state index is 3.93. The van der Waals surface area contributed by atoms with Crippen molar-refractivity contribution in [1.29, 1.82) is 0 Å². The summed E-state index contributed by atoms with van der Waals surface area (Å²) in [4.78, 5) is 2.46. The number of anilines is 1. The van der Waals surface area contributed by atoms with Crippen molar-refractivity contribution in [2.24, 2.45) is 5.92 Å². The zero-order valence-electron chi connectivity index (χ0n) is 15.0. The predicted octanol–water partition coefficient (Wildman–Crippen LogP) is 5.20. The molecule has 0 aromatic heterocycles. The fraction of sp³-hybridized carbons (Fsp3) is 0.364. The molecule has 2 aromatic carbocycles. The summed E-state index contributed by atoms with van der Waals surface area (Å²) >= 11 is 0. The zero-order valence-corrected chi connectivity index (χ0v) is 15.0. The molecule has 0 fully saturated rings. The van der Waals surface area contributed by atoms with Gasteiger partial charge in [-0.1, -0.05) is 68.5 Å². The lowest BCUT2D eigenvalue weighted by Gasteiger charge is -2.29. The van der Waals surface area contributed by atoms with Gasteiger partial charge in [-0.2, -0.15) is 0 Å². The van der Waals surface area contributed by atoms with Crippen molar-refractivity contribution < 1.29 is 0 Å². The van der Waals surface area contributed by atoms with Gasteiger partial charge in [0, 0.05) is 31.4 Å². The van der Waals surface area contributed by atoms with Crippen molar-refractivity contribution in [3.63, 3.8) is 0 Å². The summed E-state index contributed by atoms with van der Waals surface area (Å²) in [5, 5.41) is 3.71. The van der Waals surface area contributed by atoms with E-state index >= 15 is 0 Å². The molecule has 24 heavy (non-hydrogen) atoms. The second kappa shape index (κ2) is 9.94. The van der Waals surface area contributed by atoms with Gasteiger partial charge in [0.2, 0.25) is 0 Å². The van der Waals surface area contributed by atoms with Gasteiger partial charge in [-0.3, -0.25) is 4.90 Å². The number of nitrogens with zero attached hydrogens (tertiary/aromatic N) is 1. The highest BCUT2D eigenvalue weighted by Gasteiger charge is 2.15. The van der Waals surface area contributed by atoms with Crippen molar-refractivity contribution in [2.45, 2.75) is 32.9 Å². The third-order valence-corrected chi connectivity index (χ3v) is 4.02. The second-order valence-electron chi connectivity index (χ2n) is 6.81. The minimum atomic E-state index is 0.427. The average molecular weight is 322 g/mol. The highest BCUT2D eigenvalue weighted by Crippen LogP contribution is 2.15. The van der Waals surface area contributed by atoms with E-state index in [1.54, 1.807) is 0 Å². The second-order valence-corrected chi connectivity index (χ2v) is 6.81. The normalized spacial score (nSPS) is 12.3. The molecule has 1 N–H and O–H groups in total. The highest BCUT2D eigenvalue weighted by atomic mass is 15.1. The molecule has 0 amide bonds. The Bertz CT molecular complexity index is 577. The first kappa shape index (κ1) is 18.3. The Morgan fingerprint density at radius 2 is 1.62 bits per heavy atom. The SMILES string of the molecule is C=CCN(Cc1ccccc1)C[C@H](CC(C)C)Nc1ccccc1. The number of hydrogen-bond acceptors (Lipinski definition) is 2. The number of para-hydroxylation sites is 1. The average Bonchev–Trinajstić information content (AvgIpc) is 2.56. The van der Waals surface area contributed by atoms with Gasteiger partial charge in [0.1, 0.15) is 0 Å². The molecule has 0 unspecified atom stereocenters. The molecule has 0 aliphatic heterocycles. The summed E-state index contributed by atoms with van der Waals surface area (Å²) in [7, 11) is 0. The van der Waals surface area contributed by atoms with Crippen LogP contribution in [0, 0.1) is 5.92 Å². The monoisotopic (exact) mass is 322 g/mol. The molecule has 0 saturated carbocycles. The van der Waals surface area contributed by atoms with Crippen LogP contribution in [-0.2, 0) is 6.54 Å². The highest BCUT2D eigenvalue weighted by molar-refractivity contribution is 5.43. The molecular formula is C22H30N2. The summed E-state index contributed by atoms with van der Waals surface area (Å²) in [6.07, 6.45) is 3.15. The Labute approximate surface area is 147 Å². The number of hydrogen-bond donors (Lipinski definition) is 1. The van der Waals surface area contributed by atoms with Gasteiger partial charge in [-0.25, -0.2) is 0 Å². The van der Waals surface area contributed by atoms with Gasteiger partial charge in [0.25, 0.3) is 0 Å². The topological polar surface area (TPSA) is 15.3 Å². The van der Waals surface area contributed by atoms with E-state index in [-0.39, 0.29) is 0 Å². The summed E-state index contributed by atoms with van der Waals surface area (Å²) in [6.45, 7) is 11.4. The summed E-state index contributed by atoms with van der Waals surface area (Å²) in [5.41, 5.74) is 2.55. The van der Waals surface area contributed by atoms with Crippen LogP contribution in [0.1, 0.15) is 25.8 Å². The van der Waals surface area contributed by atoms with E-state index in [2.05, 4.69) is 91.3 Å². The molecule has 2 heteroatoms. The van der Waals surface area contributed by atoms with Crippen molar-refractivity contribution >= 4 is 5.69 Å². The molecule has 0 bridgehead atoms. The van der Waals surface area contributed by atoms with E-state index < -0.39 is 0 Å². The van der Waals surface area contributed by atoms with Crippen molar-refractivity contribution in [3.05, 3.63) is 78.9 Å². The Morgan fingerprint density at radius 3 is 2.21 bits per heavy atom. The Morgan fingerprint density at radius 1 is 1.00 bits per heavy atom. The fourth-order valence-electron chi connectivity index (χ4n) is 3.06. The molecule has 0 aliphatic carbocycles. The van der Waals surface area contributed by atoms with E-state index in [4.69, 9.17) is 0 Å². The van der Waals surface area contributed by atoms with Crippen molar-refractivity contribution in [2.75, 3.05) is 18.4 Å². The van der Waals surface area contributed by atoms with Crippen LogP contribution >= 0.6 is 0 Å². The molecule has 0 saturated heterocycles. The first-order valence-electron chi connectivity index (χ1n) is 8.86. The quantitative estimate of drug-likeness (QED) is 0.605. The fourth-order valence-corrected chi connectivity index (χ4v) is 3.06. The molecule has 0 radical (unpaired) electrons. The van der Waals surface area contributed by atoms with E-state index in [0.717, 1.165) is 26.1 Å². The van der Waals surface area contributed by atoms with Gasteiger partial charge in [-0.05, 0) is 30.0 Å². The number of nitrogens with one attached hydrogen (secondary N) is 1. The lowest BCUT2D eigenvalue weighted by atomic mass is 10.0. The first-order valence-corrected chi connectivity index (χ1v) is 8.86. The van der Waals surface area contributed by atoms with Gasteiger partial charge < -0.3 is 5.32 Å². The molecule has 2 nitrogen and oxygen atoms in total. The molecular weight excluding hydrogens is 292 g/mol. The summed E-state index contributed by atoms with van der Waals surface area (Å²) in [5.74, 6) is 0.661. The van der Waals surface area contributed by atoms with E-state index in [1.807, 2.05) is 6.08 Å². The Kier molecular flexibility index (Phi) is 7.57. The molecule has 0 spiro atoms. The maximum Gasteiger partial charge on any atom is 0.0391 e. The zero-order chi connectivity index (χ0) is 17.2. The Hall–Kier alpha value is -2.06. The van der Waals surface area contributed by atoms with Crippen molar-refractivity contribution in [3.8, 4) is 0 Å². The van der Waals surface area contributed by atoms with Gasteiger partial charge in [0.05, 0.1) is 0 Å². The van der Waals surface area contributed by atoms with Crippen molar-refractivity contribution in [1.82, 2.24) is 4.90 Å². The lowest BCUT2D eigenvalue weighted by Crippen LogP contribution is -2.37. The van der Waals surface area contributed by atoms with Crippen LogP contribution in [-0.4, -0.2) is 24.0 Å². The molecule has 2 aromatic rings. The van der Waals surface area contributed by atoms with E-state index in [9.17, 15) is 0 Å². The largest absolute Gasteiger partial charge is 0.381 e. The smallest absolute Gasteiger partial charge is 0.0391 e. The molecule has 0 heterocycles. The molecule has 0 aliphatic rings. The summed E-state index contributed by atoms with van der Waals surface area (Å²) in [6, 6.07) is 21.6. The third-order valence-electron chi connectivity index (χ3n) is 4.02. The van der Waals surface area contributed by atoms with Gasteiger partial charge in [0.15, 0.2) is 0 Å². The standard InChI is InChI=1S/C22H30N2/c1-4-15-24(17-20-11-7-5-8-12-20)18-22(16-19(2)3)23-21-13-9-6-10-14-21/h4-14,19,22-23H,1,15-18H2,2-3H3/t22-/m0/s1. The molecule has 1 atom stereocenters. The van der Waals surface area contributed by atoms with Gasteiger partial charge in [-0.15, -0.1) is 6.58 Å². The maximum absolute atomic E-state index is 3.93. The number of benzene rings is 2. The lowest BCUT2D eigenvalue weighted by molar-refractivity contribution is 0.269. The number of rotatable bonds is 10. The molecule has 2 rings (SSSR count).